The highest BCUT2D eigenvalue weighted by Crippen LogP contribution is 2.08. The Hall–Kier alpha value is -2.25. The van der Waals surface area contributed by atoms with Crippen LogP contribution in [0.4, 0.5) is 0 Å². The van der Waals surface area contributed by atoms with E-state index in [0.29, 0.717) is 18.7 Å². The lowest BCUT2D eigenvalue weighted by Crippen LogP contribution is -2.46. The molecule has 2 heterocycles. The normalized spacial score (nSPS) is 15.5. The Bertz CT molecular complexity index is 726. The van der Waals surface area contributed by atoms with Crippen LogP contribution in [0.5, 0.6) is 0 Å². The molecule has 7 nitrogen and oxygen atoms in total. The molecule has 158 valence electrons. The van der Waals surface area contributed by atoms with Crippen LogP contribution in [-0.4, -0.2) is 65.1 Å². The summed E-state index contributed by atoms with van der Waals surface area (Å²) >= 11 is 0. The Morgan fingerprint density at radius 3 is 2.59 bits per heavy atom. The van der Waals surface area contributed by atoms with Crippen LogP contribution in [-0.2, 0) is 24.2 Å². The number of amides is 1. The van der Waals surface area contributed by atoms with Gasteiger partial charge in [0.1, 0.15) is 0 Å². The van der Waals surface area contributed by atoms with Crippen LogP contribution >= 0.6 is 0 Å². The maximum atomic E-state index is 12.0. The molecule has 1 aliphatic rings. The first-order valence-electron chi connectivity index (χ1n) is 10.8. The molecule has 1 N–H and O–H groups in total. The maximum Gasteiger partial charge on any atom is 0.226 e. The standard InChI is InChI=1S/C22H33N5O2/c1-2-20-24-22(29-25-20)11-6-10-21(28)23-12-7-13-26-14-16-27(17-15-26)18-19-8-4-3-5-9-19/h3-5,8-9H,2,6-7,10-18H2,1H3,(H,23,28). The summed E-state index contributed by atoms with van der Waals surface area (Å²) in [5.74, 6) is 1.46. The molecule has 1 fully saturated rings. The summed E-state index contributed by atoms with van der Waals surface area (Å²) in [4.78, 5) is 21.2. The van der Waals surface area contributed by atoms with E-state index < -0.39 is 0 Å². The summed E-state index contributed by atoms with van der Waals surface area (Å²) in [6.07, 6.45) is 3.66. The Balaban J connectivity index is 1.20. The molecular weight excluding hydrogens is 366 g/mol. The largest absolute Gasteiger partial charge is 0.356 e. The van der Waals surface area contributed by atoms with E-state index >= 15 is 0 Å². The molecule has 1 amide bonds. The molecule has 1 aromatic carbocycles. The minimum absolute atomic E-state index is 0.105. The number of hydrogen-bond donors (Lipinski definition) is 1. The number of nitrogens with zero attached hydrogens (tertiary/aromatic N) is 4. The molecule has 29 heavy (non-hydrogen) atoms. The van der Waals surface area contributed by atoms with Gasteiger partial charge in [-0.15, -0.1) is 0 Å². The minimum atomic E-state index is 0.105. The molecule has 1 aliphatic heterocycles. The van der Waals surface area contributed by atoms with Gasteiger partial charge >= 0.3 is 0 Å². The van der Waals surface area contributed by atoms with Gasteiger partial charge in [-0.1, -0.05) is 42.4 Å². The number of benzene rings is 1. The maximum absolute atomic E-state index is 12.0. The Labute approximate surface area is 173 Å². The van der Waals surface area contributed by atoms with Crippen LogP contribution < -0.4 is 5.32 Å². The van der Waals surface area contributed by atoms with Crippen molar-refractivity contribution in [3.63, 3.8) is 0 Å². The van der Waals surface area contributed by atoms with Crippen LogP contribution in [0.25, 0.3) is 0 Å². The summed E-state index contributed by atoms with van der Waals surface area (Å²) in [6.45, 7) is 9.23. The highest BCUT2D eigenvalue weighted by atomic mass is 16.5. The van der Waals surface area contributed by atoms with E-state index in [4.69, 9.17) is 4.52 Å². The van der Waals surface area contributed by atoms with E-state index in [0.717, 1.165) is 70.9 Å². The highest BCUT2D eigenvalue weighted by Gasteiger charge is 2.16. The second-order valence-corrected chi connectivity index (χ2v) is 7.62. The summed E-state index contributed by atoms with van der Waals surface area (Å²) < 4.78 is 5.14. The number of carbonyl (C=O) groups excluding carboxylic acids is 1. The third-order valence-corrected chi connectivity index (χ3v) is 5.31. The van der Waals surface area contributed by atoms with Crippen LogP contribution in [0.1, 0.15) is 43.5 Å². The molecule has 0 radical (unpaired) electrons. The average molecular weight is 400 g/mol. The van der Waals surface area contributed by atoms with E-state index in [1.54, 1.807) is 0 Å². The Morgan fingerprint density at radius 2 is 1.86 bits per heavy atom. The summed E-state index contributed by atoms with van der Waals surface area (Å²) in [6, 6.07) is 10.7. The fraction of sp³-hybridized carbons (Fsp3) is 0.591. The zero-order valence-electron chi connectivity index (χ0n) is 17.5. The summed E-state index contributed by atoms with van der Waals surface area (Å²) in [5, 5.41) is 6.89. The van der Waals surface area contributed by atoms with Crippen LogP contribution in [0.3, 0.4) is 0 Å². The third-order valence-electron chi connectivity index (χ3n) is 5.31. The van der Waals surface area contributed by atoms with E-state index in [9.17, 15) is 4.79 Å². The van der Waals surface area contributed by atoms with Gasteiger partial charge in [-0.05, 0) is 24.9 Å². The lowest BCUT2D eigenvalue weighted by molar-refractivity contribution is -0.121. The monoisotopic (exact) mass is 399 g/mol. The molecule has 0 spiro atoms. The van der Waals surface area contributed by atoms with E-state index in [1.165, 1.54) is 5.56 Å². The van der Waals surface area contributed by atoms with Crippen molar-refractivity contribution in [2.45, 2.75) is 45.6 Å². The van der Waals surface area contributed by atoms with Gasteiger partial charge in [0.2, 0.25) is 11.8 Å². The zero-order chi connectivity index (χ0) is 20.3. The van der Waals surface area contributed by atoms with Crippen molar-refractivity contribution in [1.29, 1.82) is 0 Å². The van der Waals surface area contributed by atoms with Gasteiger partial charge in [0, 0.05) is 58.5 Å². The molecule has 1 saturated heterocycles. The first-order valence-corrected chi connectivity index (χ1v) is 10.8. The molecule has 7 heteroatoms. The SMILES string of the molecule is CCc1noc(CCCC(=O)NCCCN2CCN(Cc3ccccc3)CC2)n1. The minimum Gasteiger partial charge on any atom is -0.356 e. The second-order valence-electron chi connectivity index (χ2n) is 7.62. The van der Waals surface area contributed by atoms with Gasteiger partial charge in [0.05, 0.1) is 0 Å². The summed E-state index contributed by atoms with van der Waals surface area (Å²) in [7, 11) is 0. The molecule has 3 rings (SSSR count). The van der Waals surface area contributed by atoms with Crippen molar-refractivity contribution < 1.29 is 9.32 Å². The molecule has 0 bridgehead atoms. The number of aromatic nitrogens is 2. The molecular formula is C22H33N5O2. The fourth-order valence-corrected chi connectivity index (χ4v) is 3.57. The van der Waals surface area contributed by atoms with Gasteiger partial charge in [-0.2, -0.15) is 4.98 Å². The van der Waals surface area contributed by atoms with E-state index in [1.807, 2.05) is 6.92 Å². The topological polar surface area (TPSA) is 74.5 Å². The number of piperazine rings is 1. The number of aryl methyl sites for hydroxylation is 2. The van der Waals surface area contributed by atoms with Crippen LogP contribution in [0.15, 0.2) is 34.9 Å². The van der Waals surface area contributed by atoms with E-state index in [2.05, 4.69) is 55.6 Å². The number of nitrogens with one attached hydrogen (secondary N) is 1. The predicted molar refractivity (Wildman–Crippen MR) is 112 cm³/mol. The first kappa shape index (κ1) is 21.5. The molecule has 0 aliphatic carbocycles. The molecule has 0 unspecified atom stereocenters. The molecule has 0 atom stereocenters. The lowest BCUT2D eigenvalue weighted by atomic mass is 10.2. The Morgan fingerprint density at radius 1 is 1.10 bits per heavy atom. The van der Waals surface area contributed by atoms with Gasteiger partial charge in [0.25, 0.3) is 0 Å². The smallest absolute Gasteiger partial charge is 0.226 e. The van der Waals surface area contributed by atoms with Crippen LogP contribution in [0.2, 0.25) is 0 Å². The van der Waals surface area contributed by atoms with Gasteiger partial charge < -0.3 is 14.7 Å². The highest BCUT2D eigenvalue weighted by molar-refractivity contribution is 5.75. The van der Waals surface area contributed by atoms with Crippen molar-refractivity contribution in [2.24, 2.45) is 0 Å². The average Bonchev–Trinajstić information content (AvgIpc) is 3.21. The summed E-state index contributed by atoms with van der Waals surface area (Å²) in [5.41, 5.74) is 1.38. The molecule has 2 aromatic rings. The number of rotatable bonds is 11. The predicted octanol–water partition coefficient (Wildman–Crippen LogP) is 2.28. The Kier molecular flexibility index (Phi) is 8.64. The van der Waals surface area contributed by atoms with Crippen molar-refractivity contribution in [3.8, 4) is 0 Å². The fourth-order valence-electron chi connectivity index (χ4n) is 3.57. The van der Waals surface area contributed by atoms with E-state index in [-0.39, 0.29) is 5.91 Å². The number of carbonyl (C=O) groups is 1. The second kappa shape index (κ2) is 11.7. The number of hydrogen-bond acceptors (Lipinski definition) is 6. The van der Waals surface area contributed by atoms with Gasteiger partial charge in [-0.25, -0.2) is 0 Å². The lowest BCUT2D eigenvalue weighted by Gasteiger charge is -2.34. The molecule has 0 saturated carbocycles. The first-order chi connectivity index (χ1) is 14.2. The van der Waals surface area contributed by atoms with Crippen molar-refractivity contribution in [1.82, 2.24) is 25.3 Å². The van der Waals surface area contributed by atoms with Crippen molar-refractivity contribution in [2.75, 3.05) is 39.3 Å². The van der Waals surface area contributed by atoms with Crippen molar-refractivity contribution >= 4 is 5.91 Å². The van der Waals surface area contributed by atoms with Crippen molar-refractivity contribution in [3.05, 3.63) is 47.6 Å². The molecule has 1 aromatic heterocycles. The quantitative estimate of drug-likeness (QED) is 0.585. The third kappa shape index (κ3) is 7.59. The van der Waals surface area contributed by atoms with Gasteiger partial charge in [-0.3, -0.25) is 9.69 Å². The zero-order valence-corrected chi connectivity index (χ0v) is 17.5. The van der Waals surface area contributed by atoms with Crippen LogP contribution in [0, 0.1) is 0 Å². The van der Waals surface area contributed by atoms with Gasteiger partial charge in [0.15, 0.2) is 5.82 Å².